The highest BCUT2D eigenvalue weighted by molar-refractivity contribution is 5.71. The van der Waals surface area contributed by atoms with Crippen molar-refractivity contribution in [1.29, 1.82) is 0 Å². The summed E-state index contributed by atoms with van der Waals surface area (Å²) in [7, 11) is 0. The third kappa shape index (κ3) is 63.1. The summed E-state index contributed by atoms with van der Waals surface area (Å²) in [6.07, 6.45) is 75.8. The largest absolute Gasteiger partial charge is 0.462 e. The van der Waals surface area contributed by atoms with Crippen molar-refractivity contribution in [3.05, 3.63) is 0 Å². The molecule has 75 heavy (non-hydrogen) atoms. The van der Waals surface area contributed by atoms with E-state index in [0.717, 1.165) is 57.8 Å². The number of rotatable bonds is 65. The van der Waals surface area contributed by atoms with Crippen LogP contribution in [0.2, 0.25) is 0 Å². The summed E-state index contributed by atoms with van der Waals surface area (Å²) in [5.41, 5.74) is 0. The van der Waals surface area contributed by atoms with Crippen molar-refractivity contribution in [3.63, 3.8) is 0 Å². The van der Waals surface area contributed by atoms with Gasteiger partial charge in [-0.25, -0.2) is 0 Å². The lowest BCUT2D eigenvalue weighted by Crippen LogP contribution is -2.30. The number of hydrogen-bond acceptors (Lipinski definition) is 6. The van der Waals surface area contributed by atoms with Crippen molar-refractivity contribution < 1.29 is 28.6 Å². The second kappa shape index (κ2) is 64.9. The SMILES string of the molecule is CCCCCCCCCCCCCCCCCCCCCCCCCCCCCCCCC(=O)OCC(COC(=O)CCCCCCCCCCC)OC(=O)CCCCCCCCCCCCCCCCCCCC. The Morgan fingerprint density at radius 1 is 0.213 bits per heavy atom. The van der Waals surface area contributed by atoms with Gasteiger partial charge in [-0.1, -0.05) is 367 Å². The summed E-state index contributed by atoms with van der Waals surface area (Å²) in [6.45, 7) is 6.71. The maximum absolute atomic E-state index is 12.9. The topological polar surface area (TPSA) is 78.9 Å². The standard InChI is InChI=1S/C69H134O6/c1-4-7-10-13-16-19-21-23-25-27-29-30-31-32-33-34-35-36-37-38-39-40-42-43-45-47-50-53-56-59-62-68(71)74-65-66(64-73-67(70)61-58-55-52-49-18-15-12-9-6-3)75-69(72)63-60-57-54-51-48-46-44-41-28-26-24-22-20-17-14-11-8-5-2/h66H,4-65H2,1-3H3. The summed E-state index contributed by atoms with van der Waals surface area (Å²) in [4.78, 5) is 38.2. The van der Waals surface area contributed by atoms with Gasteiger partial charge in [0.2, 0.25) is 0 Å². The third-order valence-electron chi connectivity index (χ3n) is 16.1. The van der Waals surface area contributed by atoms with Gasteiger partial charge in [-0.3, -0.25) is 14.4 Å². The minimum Gasteiger partial charge on any atom is -0.462 e. The monoisotopic (exact) mass is 1060 g/mol. The summed E-state index contributed by atoms with van der Waals surface area (Å²) >= 11 is 0. The molecule has 0 radical (unpaired) electrons. The molecule has 6 heteroatoms. The molecule has 0 aliphatic rings. The van der Waals surface area contributed by atoms with Gasteiger partial charge < -0.3 is 14.2 Å². The van der Waals surface area contributed by atoms with Crippen molar-refractivity contribution in [2.24, 2.45) is 0 Å². The molecule has 0 bridgehead atoms. The highest BCUT2D eigenvalue weighted by atomic mass is 16.6. The minimum atomic E-state index is -0.762. The van der Waals surface area contributed by atoms with Crippen LogP contribution < -0.4 is 0 Å². The molecule has 0 saturated carbocycles. The van der Waals surface area contributed by atoms with Crippen LogP contribution in [0.25, 0.3) is 0 Å². The Hall–Kier alpha value is -1.59. The van der Waals surface area contributed by atoms with Crippen molar-refractivity contribution >= 4 is 17.9 Å². The summed E-state index contributed by atoms with van der Waals surface area (Å²) in [6, 6.07) is 0. The molecule has 6 nitrogen and oxygen atoms in total. The van der Waals surface area contributed by atoms with E-state index in [0.29, 0.717) is 19.3 Å². The fraction of sp³-hybridized carbons (Fsp3) is 0.957. The number of unbranched alkanes of at least 4 members (excludes halogenated alkanes) is 54. The van der Waals surface area contributed by atoms with Gasteiger partial charge in [0.15, 0.2) is 6.10 Å². The molecular weight excluding hydrogens is 925 g/mol. The fourth-order valence-electron chi connectivity index (χ4n) is 10.9. The van der Waals surface area contributed by atoms with Gasteiger partial charge >= 0.3 is 17.9 Å². The number of hydrogen-bond donors (Lipinski definition) is 0. The summed E-state index contributed by atoms with van der Waals surface area (Å²) in [5.74, 6) is -0.829. The van der Waals surface area contributed by atoms with E-state index >= 15 is 0 Å². The van der Waals surface area contributed by atoms with Crippen LogP contribution in [0.4, 0.5) is 0 Å². The summed E-state index contributed by atoms with van der Waals surface area (Å²) < 4.78 is 16.9. The van der Waals surface area contributed by atoms with Gasteiger partial charge in [0.05, 0.1) is 0 Å². The van der Waals surface area contributed by atoms with Gasteiger partial charge in [-0.15, -0.1) is 0 Å². The van der Waals surface area contributed by atoms with Gasteiger partial charge in [0.1, 0.15) is 13.2 Å². The second-order valence-electron chi connectivity index (χ2n) is 23.8. The molecule has 0 spiro atoms. The molecule has 1 unspecified atom stereocenters. The zero-order valence-corrected chi connectivity index (χ0v) is 51.4. The first kappa shape index (κ1) is 73.4. The normalized spacial score (nSPS) is 11.9. The molecule has 0 saturated heterocycles. The zero-order chi connectivity index (χ0) is 54.3. The number of carbonyl (C=O) groups excluding carboxylic acids is 3. The van der Waals surface area contributed by atoms with Gasteiger partial charge in [-0.2, -0.15) is 0 Å². The fourth-order valence-corrected chi connectivity index (χ4v) is 10.9. The molecule has 0 aromatic heterocycles. The van der Waals surface area contributed by atoms with Gasteiger partial charge in [0, 0.05) is 19.3 Å². The summed E-state index contributed by atoms with van der Waals surface area (Å²) in [5, 5.41) is 0. The molecule has 0 heterocycles. The number of ether oxygens (including phenoxy) is 3. The van der Waals surface area contributed by atoms with E-state index in [-0.39, 0.29) is 31.1 Å². The average Bonchev–Trinajstić information content (AvgIpc) is 3.41. The van der Waals surface area contributed by atoms with E-state index < -0.39 is 6.10 Å². The predicted molar refractivity (Wildman–Crippen MR) is 326 cm³/mol. The Balaban J connectivity index is 4.02. The first-order valence-corrected chi connectivity index (χ1v) is 34.5. The number of esters is 3. The Labute approximate surface area is 469 Å². The van der Waals surface area contributed by atoms with Crippen LogP contribution in [0, 0.1) is 0 Å². The molecule has 1 atom stereocenters. The Bertz CT molecular complexity index is 1120. The van der Waals surface area contributed by atoms with E-state index in [1.165, 1.54) is 308 Å². The molecule has 0 aliphatic heterocycles. The molecule has 0 N–H and O–H groups in total. The first-order chi connectivity index (χ1) is 37.0. The third-order valence-corrected chi connectivity index (χ3v) is 16.1. The lowest BCUT2D eigenvalue weighted by atomic mass is 10.0. The Morgan fingerprint density at radius 2 is 0.360 bits per heavy atom. The highest BCUT2D eigenvalue weighted by Crippen LogP contribution is 2.19. The Morgan fingerprint density at radius 3 is 0.533 bits per heavy atom. The van der Waals surface area contributed by atoms with Gasteiger partial charge in [-0.05, 0) is 19.3 Å². The quantitative estimate of drug-likeness (QED) is 0.0343. The van der Waals surface area contributed by atoms with Crippen LogP contribution in [0.15, 0.2) is 0 Å². The van der Waals surface area contributed by atoms with Gasteiger partial charge in [0.25, 0.3) is 0 Å². The van der Waals surface area contributed by atoms with E-state index in [4.69, 9.17) is 14.2 Å². The highest BCUT2D eigenvalue weighted by Gasteiger charge is 2.19. The average molecular weight is 1060 g/mol. The van der Waals surface area contributed by atoms with Crippen LogP contribution in [-0.2, 0) is 28.6 Å². The second-order valence-corrected chi connectivity index (χ2v) is 23.8. The smallest absolute Gasteiger partial charge is 0.306 e. The maximum atomic E-state index is 12.9. The van der Waals surface area contributed by atoms with E-state index in [1.807, 2.05) is 0 Å². The minimum absolute atomic E-state index is 0.0609. The van der Waals surface area contributed by atoms with Crippen LogP contribution in [0.3, 0.4) is 0 Å². The van der Waals surface area contributed by atoms with Crippen LogP contribution in [0.5, 0.6) is 0 Å². The van der Waals surface area contributed by atoms with Crippen molar-refractivity contribution in [3.8, 4) is 0 Å². The first-order valence-electron chi connectivity index (χ1n) is 34.5. The van der Waals surface area contributed by atoms with Crippen molar-refractivity contribution in [1.82, 2.24) is 0 Å². The molecule has 446 valence electrons. The Kier molecular flexibility index (Phi) is 63.6. The van der Waals surface area contributed by atoms with E-state index in [2.05, 4.69) is 20.8 Å². The van der Waals surface area contributed by atoms with Crippen molar-refractivity contribution in [2.75, 3.05) is 13.2 Å². The zero-order valence-electron chi connectivity index (χ0n) is 51.4. The molecule has 0 amide bonds. The van der Waals surface area contributed by atoms with E-state index in [1.54, 1.807) is 0 Å². The molecule has 0 rings (SSSR count). The van der Waals surface area contributed by atoms with Crippen LogP contribution in [-0.4, -0.2) is 37.2 Å². The predicted octanol–water partition coefficient (Wildman–Crippen LogP) is 23.5. The molecule has 0 aromatic carbocycles. The lowest BCUT2D eigenvalue weighted by Gasteiger charge is -2.18. The van der Waals surface area contributed by atoms with Crippen LogP contribution >= 0.6 is 0 Å². The molecule has 0 aromatic rings. The molecule has 0 aliphatic carbocycles. The maximum Gasteiger partial charge on any atom is 0.306 e. The van der Waals surface area contributed by atoms with Crippen LogP contribution in [0.1, 0.15) is 406 Å². The lowest BCUT2D eigenvalue weighted by molar-refractivity contribution is -0.167. The molecular formula is C69H134O6. The number of carbonyl (C=O) groups is 3. The van der Waals surface area contributed by atoms with E-state index in [9.17, 15) is 14.4 Å². The molecule has 0 fully saturated rings. The van der Waals surface area contributed by atoms with Crippen molar-refractivity contribution in [2.45, 2.75) is 412 Å².